The van der Waals surface area contributed by atoms with Gasteiger partial charge in [-0.15, -0.1) is 13.2 Å². The zero-order chi connectivity index (χ0) is 35.1. The van der Waals surface area contributed by atoms with E-state index in [0.29, 0.717) is 36.4 Å². The van der Waals surface area contributed by atoms with Gasteiger partial charge in [0.2, 0.25) is 5.88 Å². The Labute approximate surface area is 275 Å². The predicted octanol–water partition coefficient (Wildman–Crippen LogP) is 8.34. The van der Waals surface area contributed by atoms with Crippen LogP contribution in [0.1, 0.15) is 57.2 Å². The van der Waals surface area contributed by atoms with Crippen molar-refractivity contribution < 1.29 is 41.3 Å². The number of carbonyl (C=O) groups is 1. The average molecular weight is 669 g/mol. The highest BCUT2D eigenvalue weighted by Crippen LogP contribution is 2.35. The van der Waals surface area contributed by atoms with E-state index in [1.807, 2.05) is 12.1 Å². The molecule has 0 unspecified atom stereocenters. The molecule has 0 atom stereocenters. The van der Waals surface area contributed by atoms with Crippen molar-refractivity contribution >= 4 is 33.3 Å². The Morgan fingerprint density at radius 1 is 1.02 bits per heavy atom. The molecule has 13 heteroatoms. The third kappa shape index (κ3) is 9.78. The van der Waals surface area contributed by atoms with Gasteiger partial charge >= 0.3 is 12.5 Å². The molecule has 0 spiro atoms. The summed E-state index contributed by atoms with van der Waals surface area (Å²) in [5.41, 5.74) is 0.539. The number of aromatic nitrogens is 2. The quantitative estimate of drug-likeness (QED) is 0.0795. The molecule has 2 aromatic heterocycles. The number of halogens is 4. The number of allylic oxidation sites excluding steroid dienone is 1. The summed E-state index contributed by atoms with van der Waals surface area (Å²) in [4.78, 5) is 23.2. The summed E-state index contributed by atoms with van der Waals surface area (Å²) < 4.78 is 74.6. The number of pyridine rings is 2. The number of unbranched alkanes of at least 4 members (excludes halogenated alkanes) is 1. The van der Waals surface area contributed by atoms with Gasteiger partial charge in [-0.05, 0) is 82.0 Å². The topological polar surface area (TPSA) is 107 Å². The molecule has 0 aliphatic carbocycles. The summed E-state index contributed by atoms with van der Waals surface area (Å²) >= 11 is 0. The van der Waals surface area contributed by atoms with Gasteiger partial charge in [0, 0.05) is 53.8 Å². The minimum atomic E-state index is -5.09. The number of alkyl halides is 3. The van der Waals surface area contributed by atoms with Gasteiger partial charge in [-0.1, -0.05) is 12.6 Å². The SMILES string of the molecule is C=C(C)c1cc(CN(CCCCOCCOc2nc3cc(C#N)ccc3c3cnccc23)C(=O)OC(C)(C)C)cc(F)c1OC(F)(F)F. The fourth-order valence-corrected chi connectivity index (χ4v) is 4.86. The number of carbonyl (C=O) groups excluding carboxylic acids is 1. The lowest BCUT2D eigenvalue weighted by Crippen LogP contribution is -2.37. The molecule has 0 radical (unpaired) electrons. The molecule has 48 heavy (non-hydrogen) atoms. The number of hydrogen-bond acceptors (Lipinski definition) is 8. The Morgan fingerprint density at radius 2 is 1.79 bits per heavy atom. The first-order valence-corrected chi connectivity index (χ1v) is 15.2. The van der Waals surface area contributed by atoms with E-state index < -0.39 is 29.6 Å². The van der Waals surface area contributed by atoms with E-state index in [1.54, 1.807) is 45.3 Å². The van der Waals surface area contributed by atoms with E-state index in [1.165, 1.54) is 17.9 Å². The average Bonchev–Trinajstić information content (AvgIpc) is 3.00. The van der Waals surface area contributed by atoms with E-state index in [-0.39, 0.29) is 43.0 Å². The fraction of sp³-hybridized carbons (Fsp3) is 0.371. The van der Waals surface area contributed by atoms with Gasteiger partial charge in [-0.25, -0.2) is 14.2 Å². The maximum Gasteiger partial charge on any atom is 0.573 e. The van der Waals surface area contributed by atoms with Crippen molar-refractivity contribution in [2.24, 2.45) is 0 Å². The largest absolute Gasteiger partial charge is 0.573 e. The summed E-state index contributed by atoms with van der Waals surface area (Å²) in [6.07, 6.45) is -1.32. The number of nitriles is 1. The number of fused-ring (bicyclic) bond motifs is 3. The minimum Gasteiger partial charge on any atom is -0.475 e. The van der Waals surface area contributed by atoms with Crippen molar-refractivity contribution in [3.05, 3.63) is 77.9 Å². The number of rotatable bonds is 13. The van der Waals surface area contributed by atoms with E-state index in [0.717, 1.165) is 22.2 Å². The monoisotopic (exact) mass is 668 g/mol. The van der Waals surface area contributed by atoms with Crippen LogP contribution >= 0.6 is 0 Å². The molecule has 9 nitrogen and oxygen atoms in total. The Kier molecular flexibility index (Phi) is 11.4. The first-order chi connectivity index (χ1) is 22.6. The van der Waals surface area contributed by atoms with Crippen LogP contribution < -0.4 is 9.47 Å². The standard InChI is InChI=1S/C35H36F4N4O5/c1-22(2)27-16-24(17-29(36)31(27)47-35(37,38)39)21-43(33(44)48-34(3,4)5)12-6-7-13-45-14-15-46-32-26-10-11-41-20-28(26)25-9-8-23(19-40)18-30(25)42-32/h8-11,16-18,20H,1,6-7,12-15,21H2,2-5H3. The van der Waals surface area contributed by atoms with E-state index >= 15 is 0 Å². The summed E-state index contributed by atoms with van der Waals surface area (Å²) in [6, 6.07) is 11.4. The second-order valence-electron chi connectivity index (χ2n) is 12.0. The van der Waals surface area contributed by atoms with Gasteiger partial charge in [-0.2, -0.15) is 5.26 Å². The summed E-state index contributed by atoms with van der Waals surface area (Å²) in [6.45, 7) is 11.1. The van der Waals surface area contributed by atoms with Crippen molar-refractivity contribution in [2.45, 2.75) is 59.0 Å². The highest BCUT2D eigenvalue weighted by molar-refractivity contribution is 6.07. The maximum atomic E-state index is 14.8. The van der Waals surface area contributed by atoms with Gasteiger partial charge < -0.3 is 23.8 Å². The van der Waals surface area contributed by atoms with Crippen molar-refractivity contribution in [1.82, 2.24) is 14.9 Å². The van der Waals surface area contributed by atoms with E-state index in [4.69, 9.17) is 14.2 Å². The van der Waals surface area contributed by atoms with Crippen LogP contribution in [0.4, 0.5) is 22.4 Å². The Bertz CT molecular complexity index is 1830. The third-order valence-electron chi connectivity index (χ3n) is 6.93. The van der Waals surface area contributed by atoms with Gasteiger partial charge in [0.1, 0.15) is 12.2 Å². The van der Waals surface area contributed by atoms with Crippen molar-refractivity contribution in [2.75, 3.05) is 26.4 Å². The maximum absolute atomic E-state index is 14.8. The van der Waals surface area contributed by atoms with Crippen LogP contribution in [-0.2, 0) is 16.0 Å². The molecule has 2 heterocycles. The van der Waals surface area contributed by atoms with Crippen LogP contribution in [0, 0.1) is 17.1 Å². The van der Waals surface area contributed by atoms with Crippen molar-refractivity contribution in [1.29, 1.82) is 5.26 Å². The molecule has 0 saturated heterocycles. The normalized spacial score (nSPS) is 11.7. The smallest absolute Gasteiger partial charge is 0.475 e. The second kappa shape index (κ2) is 15.3. The number of ether oxygens (including phenoxy) is 4. The molecule has 0 saturated carbocycles. The molecule has 0 N–H and O–H groups in total. The van der Waals surface area contributed by atoms with Crippen LogP contribution in [0.25, 0.3) is 27.2 Å². The van der Waals surface area contributed by atoms with Crippen LogP contribution in [0.5, 0.6) is 11.6 Å². The van der Waals surface area contributed by atoms with Crippen molar-refractivity contribution in [3.63, 3.8) is 0 Å². The first-order valence-electron chi connectivity index (χ1n) is 15.2. The zero-order valence-corrected chi connectivity index (χ0v) is 27.1. The molecule has 0 bridgehead atoms. The van der Waals surface area contributed by atoms with Crippen molar-refractivity contribution in [3.8, 4) is 17.7 Å². The fourth-order valence-electron chi connectivity index (χ4n) is 4.86. The number of hydrogen-bond donors (Lipinski definition) is 0. The van der Waals surface area contributed by atoms with E-state index in [2.05, 4.69) is 27.4 Å². The van der Waals surface area contributed by atoms with E-state index in [9.17, 15) is 27.6 Å². The van der Waals surface area contributed by atoms with Crippen LogP contribution in [-0.4, -0.2) is 59.3 Å². The van der Waals surface area contributed by atoms with Gasteiger partial charge in [0.05, 0.1) is 23.8 Å². The summed E-state index contributed by atoms with van der Waals surface area (Å²) in [7, 11) is 0. The summed E-state index contributed by atoms with van der Waals surface area (Å²) in [5.74, 6) is -1.80. The lowest BCUT2D eigenvalue weighted by molar-refractivity contribution is -0.275. The summed E-state index contributed by atoms with van der Waals surface area (Å²) in [5, 5.41) is 11.8. The Morgan fingerprint density at radius 3 is 2.48 bits per heavy atom. The predicted molar refractivity (Wildman–Crippen MR) is 172 cm³/mol. The number of amides is 1. The molecule has 2 aromatic carbocycles. The zero-order valence-electron chi connectivity index (χ0n) is 27.1. The molecule has 4 rings (SSSR count). The van der Waals surface area contributed by atoms with Gasteiger partial charge in [-0.3, -0.25) is 4.98 Å². The van der Waals surface area contributed by atoms with Gasteiger partial charge in [0.15, 0.2) is 11.6 Å². The highest BCUT2D eigenvalue weighted by atomic mass is 19.4. The highest BCUT2D eigenvalue weighted by Gasteiger charge is 2.34. The molecule has 0 fully saturated rings. The lowest BCUT2D eigenvalue weighted by atomic mass is 10.0. The minimum absolute atomic E-state index is 0.120. The first kappa shape index (κ1) is 35.9. The van der Waals surface area contributed by atoms with Gasteiger partial charge in [0.25, 0.3) is 0 Å². The molecular formula is C35H36F4N4O5. The lowest BCUT2D eigenvalue weighted by Gasteiger charge is -2.28. The molecule has 0 aliphatic heterocycles. The van der Waals surface area contributed by atoms with Crippen LogP contribution in [0.15, 0.2) is 55.4 Å². The molecule has 0 aliphatic rings. The molecule has 1 amide bonds. The molecular weight excluding hydrogens is 632 g/mol. The molecule has 254 valence electrons. The Hall–Kier alpha value is -4.96. The number of nitrogens with zero attached hydrogens (tertiary/aromatic N) is 4. The third-order valence-corrected chi connectivity index (χ3v) is 6.93. The second-order valence-corrected chi connectivity index (χ2v) is 12.0. The van der Waals surface area contributed by atoms with Crippen LogP contribution in [0.3, 0.4) is 0 Å². The van der Waals surface area contributed by atoms with Crippen LogP contribution in [0.2, 0.25) is 0 Å². The number of benzene rings is 2. The Balaban J connectivity index is 1.34. The molecule has 4 aromatic rings.